The van der Waals surface area contributed by atoms with E-state index in [4.69, 9.17) is 4.74 Å². The molecule has 1 saturated carbocycles. The minimum absolute atomic E-state index is 0.110. The van der Waals surface area contributed by atoms with Crippen LogP contribution in [-0.4, -0.2) is 46.3 Å². The second-order valence-corrected chi connectivity index (χ2v) is 5.22. The number of H-pyrrole nitrogens is 1. The first-order valence-corrected chi connectivity index (χ1v) is 6.62. The molecule has 1 aromatic heterocycles. The Morgan fingerprint density at radius 1 is 1.44 bits per heavy atom. The number of morpholine rings is 1. The molecule has 1 aliphatic carbocycles. The van der Waals surface area contributed by atoms with Crippen molar-refractivity contribution in [1.29, 1.82) is 0 Å². The average Bonchev–Trinajstić information content (AvgIpc) is 2.95. The van der Waals surface area contributed by atoms with E-state index in [0.29, 0.717) is 13.2 Å². The zero-order valence-electron chi connectivity index (χ0n) is 10.9. The van der Waals surface area contributed by atoms with Crippen LogP contribution in [0.1, 0.15) is 41.0 Å². The van der Waals surface area contributed by atoms with Crippen molar-refractivity contribution in [2.45, 2.75) is 45.3 Å². The first-order chi connectivity index (χ1) is 8.68. The summed E-state index contributed by atoms with van der Waals surface area (Å²) < 4.78 is 5.74. The zero-order valence-corrected chi connectivity index (χ0v) is 10.9. The molecule has 0 bridgehead atoms. The number of hydrogen-bond donors (Lipinski definition) is 1. The monoisotopic (exact) mass is 249 g/mol. The third kappa shape index (κ3) is 1.73. The number of aromatic amines is 1. The van der Waals surface area contributed by atoms with Crippen LogP contribution in [0.25, 0.3) is 0 Å². The third-order valence-corrected chi connectivity index (χ3v) is 4.08. The number of amides is 1. The second kappa shape index (κ2) is 4.39. The van der Waals surface area contributed by atoms with Crippen molar-refractivity contribution in [3.05, 3.63) is 17.0 Å². The summed E-state index contributed by atoms with van der Waals surface area (Å²) in [5.74, 6) is 0.110. The highest BCUT2D eigenvalue weighted by Crippen LogP contribution is 2.31. The topological polar surface area (TPSA) is 58.2 Å². The number of ether oxygens (including phenoxy) is 1. The Labute approximate surface area is 107 Å². The maximum absolute atomic E-state index is 12.7. The van der Waals surface area contributed by atoms with Crippen molar-refractivity contribution < 1.29 is 9.53 Å². The Morgan fingerprint density at radius 3 is 3.00 bits per heavy atom. The minimum atomic E-state index is 0.110. The summed E-state index contributed by atoms with van der Waals surface area (Å²) in [4.78, 5) is 14.6. The summed E-state index contributed by atoms with van der Waals surface area (Å²) in [5, 5.41) is 7.00. The molecule has 5 heteroatoms. The highest BCUT2D eigenvalue weighted by molar-refractivity contribution is 5.96. The van der Waals surface area contributed by atoms with Crippen molar-refractivity contribution in [2.75, 3.05) is 13.2 Å². The van der Waals surface area contributed by atoms with E-state index in [2.05, 4.69) is 10.2 Å². The Bertz CT molecular complexity index is 449. The lowest BCUT2D eigenvalue weighted by Gasteiger charge is -2.37. The van der Waals surface area contributed by atoms with Gasteiger partial charge in [-0.3, -0.25) is 9.89 Å². The number of aromatic nitrogens is 2. The molecule has 98 valence electrons. The highest BCUT2D eigenvalue weighted by Gasteiger charge is 2.39. The van der Waals surface area contributed by atoms with Crippen LogP contribution in [-0.2, 0) is 4.74 Å². The zero-order chi connectivity index (χ0) is 12.7. The Kier molecular flexibility index (Phi) is 2.86. The first-order valence-electron chi connectivity index (χ1n) is 6.62. The number of aryl methyl sites for hydroxylation is 2. The number of carbonyl (C=O) groups excluding carboxylic acids is 1. The Hall–Kier alpha value is -1.36. The predicted octanol–water partition coefficient (Wildman–Crippen LogP) is 1.42. The predicted molar refractivity (Wildman–Crippen MR) is 66.5 cm³/mol. The van der Waals surface area contributed by atoms with Gasteiger partial charge in [0.15, 0.2) is 0 Å². The van der Waals surface area contributed by atoms with Crippen molar-refractivity contribution in [3.8, 4) is 0 Å². The quantitative estimate of drug-likeness (QED) is 0.819. The summed E-state index contributed by atoms with van der Waals surface area (Å²) in [7, 11) is 0. The molecule has 3 rings (SSSR count). The SMILES string of the molecule is Cc1n[nH]c(C)c1C(=O)N1CCOC2CCCC21. The van der Waals surface area contributed by atoms with E-state index in [-0.39, 0.29) is 18.1 Å². The van der Waals surface area contributed by atoms with Gasteiger partial charge in [0.1, 0.15) is 0 Å². The fourth-order valence-corrected chi connectivity index (χ4v) is 3.19. The first kappa shape index (κ1) is 11.7. The maximum atomic E-state index is 12.7. The van der Waals surface area contributed by atoms with Crippen LogP contribution in [0.5, 0.6) is 0 Å². The lowest BCUT2D eigenvalue weighted by atomic mass is 10.1. The Balaban J connectivity index is 1.88. The van der Waals surface area contributed by atoms with Gasteiger partial charge in [-0.05, 0) is 33.1 Å². The summed E-state index contributed by atoms with van der Waals surface area (Å²) in [5.41, 5.74) is 2.39. The van der Waals surface area contributed by atoms with Gasteiger partial charge >= 0.3 is 0 Å². The third-order valence-electron chi connectivity index (χ3n) is 4.08. The van der Waals surface area contributed by atoms with E-state index in [1.807, 2.05) is 18.7 Å². The van der Waals surface area contributed by atoms with Crippen molar-refractivity contribution in [1.82, 2.24) is 15.1 Å². The van der Waals surface area contributed by atoms with Crippen LogP contribution in [0.4, 0.5) is 0 Å². The Morgan fingerprint density at radius 2 is 2.28 bits per heavy atom. The molecule has 2 fully saturated rings. The molecule has 18 heavy (non-hydrogen) atoms. The fourth-order valence-electron chi connectivity index (χ4n) is 3.19. The molecule has 0 aromatic carbocycles. The van der Waals surface area contributed by atoms with Gasteiger partial charge in [-0.1, -0.05) is 0 Å². The number of carbonyl (C=O) groups is 1. The second-order valence-electron chi connectivity index (χ2n) is 5.22. The van der Waals surface area contributed by atoms with E-state index >= 15 is 0 Å². The molecule has 2 aliphatic rings. The molecule has 1 aromatic rings. The van der Waals surface area contributed by atoms with Crippen LogP contribution in [0.3, 0.4) is 0 Å². The summed E-state index contributed by atoms with van der Waals surface area (Å²) in [6, 6.07) is 0.264. The van der Waals surface area contributed by atoms with Gasteiger partial charge in [0.05, 0.1) is 30.0 Å². The van der Waals surface area contributed by atoms with Gasteiger partial charge in [0, 0.05) is 12.2 Å². The van der Waals surface area contributed by atoms with E-state index in [1.54, 1.807) is 0 Å². The van der Waals surface area contributed by atoms with E-state index in [0.717, 1.165) is 36.2 Å². The fraction of sp³-hybridized carbons (Fsp3) is 0.692. The number of nitrogens with zero attached hydrogens (tertiary/aromatic N) is 2. The highest BCUT2D eigenvalue weighted by atomic mass is 16.5. The van der Waals surface area contributed by atoms with Gasteiger partial charge < -0.3 is 9.64 Å². The standard InChI is InChI=1S/C13H19N3O2/c1-8-12(9(2)15-14-8)13(17)16-6-7-18-11-5-3-4-10(11)16/h10-11H,3-7H2,1-2H3,(H,14,15). The summed E-state index contributed by atoms with van der Waals surface area (Å²) in [6.07, 6.45) is 3.54. The van der Waals surface area contributed by atoms with Crippen LogP contribution in [0.15, 0.2) is 0 Å². The van der Waals surface area contributed by atoms with Crippen LogP contribution >= 0.6 is 0 Å². The number of rotatable bonds is 1. The van der Waals surface area contributed by atoms with Gasteiger partial charge in [0.2, 0.25) is 0 Å². The molecule has 1 amide bonds. The van der Waals surface area contributed by atoms with Gasteiger partial charge in [-0.25, -0.2) is 0 Å². The normalized spacial score (nSPS) is 27.3. The molecular weight excluding hydrogens is 230 g/mol. The number of hydrogen-bond acceptors (Lipinski definition) is 3. The molecule has 2 atom stereocenters. The lowest BCUT2D eigenvalue weighted by Crippen LogP contribution is -2.51. The van der Waals surface area contributed by atoms with Gasteiger partial charge in [-0.15, -0.1) is 0 Å². The molecule has 2 unspecified atom stereocenters. The maximum Gasteiger partial charge on any atom is 0.258 e. The lowest BCUT2D eigenvalue weighted by molar-refractivity contribution is -0.0445. The molecule has 1 saturated heterocycles. The summed E-state index contributed by atoms with van der Waals surface area (Å²) in [6.45, 7) is 5.13. The number of nitrogens with one attached hydrogen (secondary N) is 1. The van der Waals surface area contributed by atoms with Crippen LogP contribution in [0.2, 0.25) is 0 Å². The summed E-state index contributed by atoms with van der Waals surface area (Å²) >= 11 is 0. The molecule has 1 N–H and O–H groups in total. The molecule has 2 heterocycles. The van der Waals surface area contributed by atoms with Crippen molar-refractivity contribution in [2.24, 2.45) is 0 Å². The smallest absolute Gasteiger partial charge is 0.258 e. The van der Waals surface area contributed by atoms with Gasteiger partial charge in [0.25, 0.3) is 5.91 Å². The van der Waals surface area contributed by atoms with Crippen LogP contribution < -0.4 is 0 Å². The molecule has 5 nitrogen and oxygen atoms in total. The molecule has 1 aliphatic heterocycles. The minimum Gasteiger partial charge on any atom is -0.374 e. The van der Waals surface area contributed by atoms with Crippen molar-refractivity contribution in [3.63, 3.8) is 0 Å². The van der Waals surface area contributed by atoms with E-state index in [1.165, 1.54) is 0 Å². The number of fused-ring (bicyclic) bond motifs is 1. The van der Waals surface area contributed by atoms with E-state index in [9.17, 15) is 4.79 Å². The average molecular weight is 249 g/mol. The molecular formula is C13H19N3O2. The largest absolute Gasteiger partial charge is 0.374 e. The van der Waals surface area contributed by atoms with Crippen molar-refractivity contribution >= 4 is 5.91 Å². The van der Waals surface area contributed by atoms with E-state index < -0.39 is 0 Å². The molecule has 0 spiro atoms. The van der Waals surface area contributed by atoms with Crippen LogP contribution in [0, 0.1) is 13.8 Å². The molecule has 0 radical (unpaired) electrons. The van der Waals surface area contributed by atoms with Gasteiger partial charge in [-0.2, -0.15) is 5.10 Å².